The van der Waals surface area contributed by atoms with Gasteiger partial charge in [-0.1, -0.05) is 26.0 Å². The predicted octanol–water partition coefficient (Wildman–Crippen LogP) is 4.27. The zero-order chi connectivity index (χ0) is 21.0. The molecule has 29 heavy (non-hydrogen) atoms. The molecule has 0 aliphatic rings. The zero-order valence-electron chi connectivity index (χ0n) is 15.7. The average Bonchev–Trinajstić information content (AvgIpc) is 2.70. The summed E-state index contributed by atoms with van der Waals surface area (Å²) in [4.78, 5) is 32.3. The standard InChI is InChI=1S/C21H18F2N4O2/c1-12(2)20(28)27-18-9-13(6-7-25-18)21(29)26-15-8-14(10-24-11-15)16-4-3-5-17(22)19(16)23/h3-12H,1-2H3,(H,26,29)(H,25,27,28). The number of pyridine rings is 2. The number of nitrogens with zero attached hydrogens (tertiary/aromatic N) is 2. The molecule has 0 radical (unpaired) electrons. The first-order chi connectivity index (χ1) is 13.8. The van der Waals surface area contributed by atoms with Gasteiger partial charge in [0.2, 0.25) is 5.91 Å². The number of hydrogen-bond acceptors (Lipinski definition) is 4. The Labute approximate surface area is 166 Å². The second kappa shape index (κ2) is 8.55. The van der Waals surface area contributed by atoms with Crippen LogP contribution in [0.15, 0.2) is 55.0 Å². The smallest absolute Gasteiger partial charge is 0.255 e. The van der Waals surface area contributed by atoms with E-state index < -0.39 is 17.5 Å². The van der Waals surface area contributed by atoms with Crippen molar-refractivity contribution in [2.75, 3.05) is 10.6 Å². The van der Waals surface area contributed by atoms with E-state index >= 15 is 0 Å². The Bertz CT molecular complexity index is 1070. The number of anilines is 2. The molecular formula is C21H18F2N4O2. The van der Waals surface area contributed by atoms with Gasteiger partial charge in [-0.3, -0.25) is 14.6 Å². The van der Waals surface area contributed by atoms with Crippen molar-refractivity contribution in [3.8, 4) is 11.1 Å². The lowest BCUT2D eigenvalue weighted by atomic mass is 10.1. The van der Waals surface area contributed by atoms with Gasteiger partial charge >= 0.3 is 0 Å². The van der Waals surface area contributed by atoms with Gasteiger partial charge in [0, 0.05) is 35.0 Å². The van der Waals surface area contributed by atoms with Crippen LogP contribution < -0.4 is 10.6 Å². The van der Waals surface area contributed by atoms with Crippen molar-refractivity contribution in [3.05, 3.63) is 72.2 Å². The molecule has 0 atom stereocenters. The lowest BCUT2D eigenvalue weighted by molar-refractivity contribution is -0.118. The first-order valence-electron chi connectivity index (χ1n) is 8.83. The Morgan fingerprint density at radius 1 is 1.03 bits per heavy atom. The van der Waals surface area contributed by atoms with Gasteiger partial charge in [-0.2, -0.15) is 0 Å². The van der Waals surface area contributed by atoms with Crippen LogP contribution >= 0.6 is 0 Å². The number of carbonyl (C=O) groups is 2. The molecule has 8 heteroatoms. The Balaban J connectivity index is 1.80. The molecule has 2 N–H and O–H groups in total. The van der Waals surface area contributed by atoms with Gasteiger partial charge in [0.05, 0.1) is 11.9 Å². The second-order valence-electron chi connectivity index (χ2n) is 6.59. The fraction of sp³-hybridized carbons (Fsp3) is 0.143. The van der Waals surface area contributed by atoms with Gasteiger partial charge in [0.1, 0.15) is 5.82 Å². The highest BCUT2D eigenvalue weighted by Crippen LogP contribution is 2.26. The third-order valence-electron chi connectivity index (χ3n) is 4.06. The van der Waals surface area contributed by atoms with Gasteiger partial charge in [-0.25, -0.2) is 13.8 Å². The summed E-state index contributed by atoms with van der Waals surface area (Å²) in [5.41, 5.74) is 0.928. The molecule has 0 saturated heterocycles. The molecule has 6 nitrogen and oxygen atoms in total. The van der Waals surface area contributed by atoms with Crippen LogP contribution in [0.1, 0.15) is 24.2 Å². The number of amides is 2. The monoisotopic (exact) mass is 396 g/mol. The fourth-order valence-corrected chi connectivity index (χ4v) is 2.50. The Morgan fingerprint density at radius 3 is 2.59 bits per heavy atom. The Morgan fingerprint density at radius 2 is 1.83 bits per heavy atom. The van der Waals surface area contributed by atoms with Crippen LogP contribution in [0.25, 0.3) is 11.1 Å². The van der Waals surface area contributed by atoms with Crippen LogP contribution in [0.5, 0.6) is 0 Å². The molecular weight excluding hydrogens is 378 g/mol. The maximum atomic E-state index is 14.0. The van der Waals surface area contributed by atoms with Crippen LogP contribution in [0.2, 0.25) is 0 Å². The van der Waals surface area contributed by atoms with Crippen molar-refractivity contribution in [2.45, 2.75) is 13.8 Å². The fourth-order valence-electron chi connectivity index (χ4n) is 2.50. The number of hydrogen-bond donors (Lipinski definition) is 2. The molecule has 148 valence electrons. The van der Waals surface area contributed by atoms with E-state index in [0.29, 0.717) is 11.3 Å². The van der Waals surface area contributed by atoms with Crippen molar-refractivity contribution in [3.63, 3.8) is 0 Å². The maximum Gasteiger partial charge on any atom is 0.255 e. The molecule has 0 unspecified atom stereocenters. The van der Waals surface area contributed by atoms with Crippen molar-refractivity contribution in [2.24, 2.45) is 5.92 Å². The molecule has 0 aliphatic heterocycles. The molecule has 2 amide bonds. The van der Waals surface area contributed by atoms with E-state index in [1.54, 1.807) is 13.8 Å². The number of aromatic nitrogens is 2. The van der Waals surface area contributed by atoms with Crippen LogP contribution in [-0.2, 0) is 4.79 Å². The van der Waals surface area contributed by atoms with E-state index in [2.05, 4.69) is 20.6 Å². The highest BCUT2D eigenvalue weighted by molar-refractivity contribution is 6.05. The van der Waals surface area contributed by atoms with Gasteiger partial charge < -0.3 is 10.6 Å². The number of carbonyl (C=O) groups excluding carboxylic acids is 2. The van der Waals surface area contributed by atoms with E-state index in [1.807, 2.05) is 0 Å². The molecule has 3 rings (SSSR count). The largest absolute Gasteiger partial charge is 0.321 e. The maximum absolute atomic E-state index is 14.0. The van der Waals surface area contributed by atoms with Crippen molar-refractivity contribution < 1.29 is 18.4 Å². The number of rotatable bonds is 5. The lowest BCUT2D eigenvalue weighted by Crippen LogP contribution is -2.19. The van der Waals surface area contributed by atoms with Crippen molar-refractivity contribution in [1.29, 1.82) is 0 Å². The summed E-state index contributed by atoms with van der Waals surface area (Å²) in [5, 5.41) is 5.27. The quantitative estimate of drug-likeness (QED) is 0.675. The van der Waals surface area contributed by atoms with E-state index in [4.69, 9.17) is 0 Å². The summed E-state index contributed by atoms with van der Waals surface area (Å²) in [6, 6.07) is 8.27. The Hall–Kier alpha value is -3.68. The van der Waals surface area contributed by atoms with Gasteiger partial charge in [-0.05, 0) is 24.3 Å². The molecule has 0 fully saturated rings. The summed E-state index contributed by atoms with van der Waals surface area (Å²) in [6.45, 7) is 3.49. The minimum absolute atomic E-state index is 0.0381. The molecule has 0 bridgehead atoms. The van der Waals surface area contributed by atoms with E-state index in [1.165, 1.54) is 48.9 Å². The van der Waals surface area contributed by atoms with Gasteiger partial charge in [0.25, 0.3) is 5.91 Å². The SMILES string of the molecule is CC(C)C(=O)Nc1cc(C(=O)Nc2cncc(-c3cccc(F)c3F)c2)ccn1. The van der Waals surface area contributed by atoms with Crippen LogP contribution in [0.3, 0.4) is 0 Å². The number of benzene rings is 1. The highest BCUT2D eigenvalue weighted by atomic mass is 19.2. The highest BCUT2D eigenvalue weighted by Gasteiger charge is 2.13. The van der Waals surface area contributed by atoms with E-state index in [0.717, 1.165) is 6.07 Å². The summed E-state index contributed by atoms with van der Waals surface area (Å²) < 4.78 is 27.5. The third kappa shape index (κ3) is 4.78. The molecule has 1 aromatic carbocycles. The molecule has 2 aromatic heterocycles. The Kier molecular flexibility index (Phi) is 5.92. The topological polar surface area (TPSA) is 84.0 Å². The first-order valence-corrected chi connectivity index (χ1v) is 8.83. The van der Waals surface area contributed by atoms with Crippen LogP contribution in [0.4, 0.5) is 20.3 Å². The molecule has 2 heterocycles. The average molecular weight is 396 g/mol. The zero-order valence-corrected chi connectivity index (χ0v) is 15.7. The first kappa shape index (κ1) is 20.1. The number of nitrogens with one attached hydrogen (secondary N) is 2. The molecule has 0 saturated carbocycles. The van der Waals surface area contributed by atoms with Gasteiger partial charge in [0.15, 0.2) is 11.6 Å². The van der Waals surface area contributed by atoms with Crippen molar-refractivity contribution >= 4 is 23.3 Å². The second-order valence-corrected chi connectivity index (χ2v) is 6.59. The summed E-state index contributed by atoms with van der Waals surface area (Å²) in [5.74, 6) is -2.62. The van der Waals surface area contributed by atoms with E-state index in [-0.39, 0.29) is 28.8 Å². The predicted molar refractivity (Wildman–Crippen MR) is 105 cm³/mol. The summed E-state index contributed by atoms with van der Waals surface area (Å²) >= 11 is 0. The van der Waals surface area contributed by atoms with Crippen LogP contribution in [-0.4, -0.2) is 21.8 Å². The normalized spacial score (nSPS) is 10.7. The van der Waals surface area contributed by atoms with Crippen molar-refractivity contribution in [1.82, 2.24) is 9.97 Å². The molecule has 0 aliphatic carbocycles. The van der Waals surface area contributed by atoms with Gasteiger partial charge in [-0.15, -0.1) is 0 Å². The van der Waals surface area contributed by atoms with E-state index in [9.17, 15) is 18.4 Å². The summed E-state index contributed by atoms with van der Waals surface area (Å²) in [7, 11) is 0. The minimum Gasteiger partial charge on any atom is -0.321 e. The minimum atomic E-state index is -0.988. The van der Waals surface area contributed by atoms with Crippen LogP contribution in [0, 0.1) is 17.6 Å². The molecule has 0 spiro atoms. The summed E-state index contributed by atoms with van der Waals surface area (Å²) in [6.07, 6.45) is 4.17. The number of halogens is 2. The third-order valence-corrected chi connectivity index (χ3v) is 4.06. The lowest BCUT2D eigenvalue weighted by Gasteiger charge is -2.10. The molecule has 3 aromatic rings.